The second-order valence-corrected chi connectivity index (χ2v) is 33.5. The first kappa shape index (κ1) is 101. The zero-order valence-corrected chi connectivity index (χ0v) is 78.3. The van der Waals surface area contributed by atoms with Gasteiger partial charge in [-0.3, -0.25) is 9.59 Å². The Morgan fingerprint density at radius 3 is 0.594 bits per heavy atom. The number of hydrogen-bond donors (Lipinski definition) is 4. The Hall–Kier alpha value is -15.7. The van der Waals surface area contributed by atoms with E-state index in [1.54, 1.807) is 76.6 Å². The van der Waals surface area contributed by atoms with Gasteiger partial charge >= 0.3 is 23.9 Å². The van der Waals surface area contributed by atoms with Crippen molar-refractivity contribution in [3.8, 4) is 57.5 Å². The number of benzene rings is 13. The van der Waals surface area contributed by atoms with Gasteiger partial charge in [0.05, 0.1) is 14.2 Å². The summed E-state index contributed by atoms with van der Waals surface area (Å²) in [5.41, 5.74) is 15.5. The lowest BCUT2D eigenvalue weighted by Gasteiger charge is -2.30. The number of aliphatic hydroxyl groups excluding tert-OH is 4. The van der Waals surface area contributed by atoms with Crippen molar-refractivity contribution < 1.29 is 106 Å². The highest BCUT2D eigenvalue weighted by atomic mass is 16.6. The second kappa shape index (κ2) is 49.5. The van der Waals surface area contributed by atoms with E-state index in [-0.39, 0.29) is 110 Å². The summed E-state index contributed by atoms with van der Waals surface area (Å²) in [5, 5.41) is 41.6. The van der Waals surface area contributed by atoms with Crippen LogP contribution in [0.15, 0.2) is 364 Å². The Morgan fingerprint density at radius 1 is 0.232 bits per heavy atom. The lowest BCUT2D eigenvalue weighted by molar-refractivity contribution is -0.143. The van der Waals surface area contributed by atoms with Crippen LogP contribution >= 0.6 is 0 Å². The van der Waals surface area contributed by atoms with Gasteiger partial charge in [0.25, 0.3) is 0 Å². The molecule has 8 atom stereocenters. The van der Waals surface area contributed by atoms with Gasteiger partial charge in [0.1, 0.15) is 135 Å². The summed E-state index contributed by atoms with van der Waals surface area (Å²) in [4.78, 5) is 73.4. The van der Waals surface area contributed by atoms with Crippen molar-refractivity contribution in [3.63, 3.8) is 0 Å². The summed E-state index contributed by atoms with van der Waals surface area (Å²) >= 11 is 0. The van der Waals surface area contributed by atoms with E-state index >= 15 is 0 Å². The van der Waals surface area contributed by atoms with Crippen molar-refractivity contribution in [2.45, 2.75) is 89.6 Å². The topological polar surface area (TPSA) is 294 Å². The van der Waals surface area contributed by atoms with Crippen molar-refractivity contribution in [2.24, 2.45) is 0 Å². The molecule has 0 aliphatic heterocycles. The van der Waals surface area contributed by atoms with E-state index in [2.05, 4.69) is 50.6 Å². The molecule has 22 nitrogen and oxygen atoms in total. The molecule has 13 rings (SSSR count). The summed E-state index contributed by atoms with van der Waals surface area (Å²) < 4.78 is 67.3. The predicted octanol–water partition coefficient (Wildman–Crippen LogP) is 20.8. The lowest BCUT2D eigenvalue weighted by Crippen LogP contribution is -2.25. The smallest absolute Gasteiger partial charge is 0.333 e. The molecular weight excluding hydrogens is 1750 g/mol. The number of carbonyl (C=O) groups is 6. The highest BCUT2D eigenvalue weighted by Gasteiger charge is 2.31. The van der Waals surface area contributed by atoms with Crippen LogP contribution in [0.2, 0.25) is 0 Å². The van der Waals surface area contributed by atoms with Gasteiger partial charge in [0.2, 0.25) is 0 Å². The van der Waals surface area contributed by atoms with E-state index in [1.165, 1.54) is 13.8 Å². The van der Waals surface area contributed by atoms with Crippen molar-refractivity contribution in [1.29, 1.82) is 0 Å². The number of ketones is 2. The van der Waals surface area contributed by atoms with E-state index in [4.69, 9.17) is 56.8 Å². The Bertz CT molecular complexity index is 6260. The van der Waals surface area contributed by atoms with Gasteiger partial charge in [-0.15, -0.1) is 0 Å². The monoisotopic (exact) mass is 1860 g/mol. The third-order valence-corrected chi connectivity index (χ3v) is 22.3. The number of ether oxygens (including phenoxy) is 12. The minimum absolute atomic E-state index is 0.0589. The number of aryl methyl sites for hydroxylation is 2. The van der Waals surface area contributed by atoms with Crippen LogP contribution in [-0.4, -0.2) is 147 Å². The third kappa shape index (κ3) is 29.2. The van der Waals surface area contributed by atoms with Crippen molar-refractivity contribution in [1.82, 2.24) is 0 Å². The lowest BCUT2D eigenvalue weighted by atomic mass is 9.73. The van der Waals surface area contributed by atoms with Gasteiger partial charge < -0.3 is 77.3 Å². The summed E-state index contributed by atoms with van der Waals surface area (Å²) in [7, 11) is 3.26. The maximum absolute atomic E-state index is 13.1. The molecule has 138 heavy (non-hydrogen) atoms. The molecule has 0 aromatic heterocycles. The van der Waals surface area contributed by atoms with E-state index in [1.807, 2.05) is 257 Å². The maximum atomic E-state index is 13.1. The van der Waals surface area contributed by atoms with Crippen LogP contribution in [-0.2, 0) is 38.1 Å². The highest BCUT2D eigenvalue weighted by Crippen LogP contribution is 2.46. The normalized spacial score (nSPS) is 12.6. The molecule has 0 saturated heterocycles. The first-order chi connectivity index (χ1) is 66.5. The molecule has 13 aromatic carbocycles. The van der Waals surface area contributed by atoms with Crippen molar-refractivity contribution in [2.75, 3.05) is 67.1 Å². The zero-order chi connectivity index (χ0) is 98.3. The first-order valence-electron chi connectivity index (χ1n) is 44.8. The van der Waals surface area contributed by atoms with Crippen LogP contribution in [0.1, 0.15) is 150 Å². The Labute approximate surface area is 804 Å². The van der Waals surface area contributed by atoms with Gasteiger partial charge in [-0.05, 0) is 243 Å². The molecule has 0 aliphatic carbocycles. The van der Waals surface area contributed by atoms with Crippen LogP contribution in [0, 0.1) is 13.8 Å². The minimum atomic E-state index is -1.05. The largest absolute Gasteiger partial charge is 0.497 e. The quantitative estimate of drug-likeness (QED) is 0.00906. The van der Waals surface area contributed by atoms with E-state index in [9.17, 15) is 49.2 Å². The maximum Gasteiger partial charge on any atom is 0.333 e. The van der Waals surface area contributed by atoms with Crippen LogP contribution in [0.25, 0.3) is 0 Å². The van der Waals surface area contributed by atoms with Gasteiger partial charge in [-0.1, -0.05) is 207 Å². The molecule has 22 heteroatoms. The number of carbonyl (C=O) groups excluding carboxylic acids is 6. The summed E-state index contributed by atoms with van der Waals surface area (Å²) in [5.74, 6) is 2.56. The molecule has 0 saturated carbocycles. The molecule has 0 heterocycles. The third-order valence-electron chi connectivity index (χ3n) is 22.3. The van der Waals surface area contributed by atoms with Gasteiger partial charge in [0.15, 0.2) is 11.6 Å². The minimum Gasteiger partial charge on any atom is -0.497 e. The molecule has 708 valence electrons. The summed E-state index contributed by atoms with van der Waals surface area (Å²) in [6.07, 6.45) is -4.14. The molecule has 0 amide bonds. The number of aliphatic hydroxyl groups is 4. The molecular formula is C116H112O22. The van der Waals surface area contributed by atoms with E-state index in [0.29, 0.717) is 74.0 Å². The molecule has 13 aromatic rings. The number of hydrogen-bond acceptors (Lipinski definition) is 22. The Balaban J connectivity index is 0.000000248. The molecule has 0 aliphatic rings. The number of esters is 4. The van der Waals surface area contributed by atoms with Gasteiger partial charge in [-0.25, -0.2) is 19.2 Å². The number of methoxy groups -OCH3 is 2. The van der Waals surface area contributed by atoms with Crippen molar-refractivity contribution >= 4 is 35.4 Å². The highest BCUT2D eigenvalue weighted by molar-refractivity contribution is 6.09. The van der Waals surface area contributed by atoms with Crippen LogP contribution in [0.3, 0.4) is 0 Å². The van der Waals surface area contributed by atoms with E-state index < -0.39 is 48.3 Å². The predicted molar refractivity (Wildman–Crippen MR) is 528 cm³/mol. The van der Waals surface area contributed by atoms with Crippen LogP contribution < -0.4 is 37.9 Å². The molecule has 0 radical (unpaired) electrons. The average molecular weight is 1860 g/mol. The molecule has 0 spiro atoms. The fourth-order valence-corrected chi connectivity index (χ4v) is 14.8. The fourth-order valence-electron chi connectivity index (χ4n) is 14.8. The average Bonchev–Trinajstić information content (AvgIpc) is 0.783. The Morgan fingerprint density at radius 2 is 0.399 bits per heavy atom. The van der Waals surface area contributed by atoms with Crippen LogP contribution in [0.5, 0.6) is 57.5 Å². The summed E-state index contributed by atoms with van der Waals surface area (Å²) in [6, 6.07) is 100. The van der Waals surface area contributed by atoms with E-state index in [0.717, 1.165) is 72.5 Å². The molecule has 4 N–H and O–H groups in total. The molecule has 0 fully saturated rings. The van der Waals surface area contributed by atoms with Crippen LogP contribution in [0.4, 0.5) is 0 Å². The second-order valence-electron chi connectivity index (χ2n) is 33.5. The van der Waals surface area contributed by atoms with Crippen molar-refractivity contribution in [3.05, 3.63) is 453 Å². The Kier molecular flexibility index (Phi) is 36.3. The first-order valence-corrected chi connectivity index (χ1v) is 44.8. The zero-order valence-electron chi connectivity index (χ0n) is 78.3. The molecule has 0 bridgehead atoms. The van der Waals surface area contributed by atoms with Gasteiger partial charge in [0, 0.05) is 68.2 Å². The molecule has 8 unspecified atom stereocenters. The van der Waals surface area contributed by atoms with Gasteiger partial charge in [-0.2, -0.15) is 0 Å². The SMILES string of the molecule is C=C(C)C(=O)OCC(O)COc1ccc(C(c2ccc(OC)cc2)C(c2ccc(OCC(O)COC(=O)C(=C)C)cc2)c2ccc(Oc3ccc(C(=O)c4ccc(C)cc4)cc3)cc2)cc1.C=C(C)C(=O)OCC(O)COc1ccc(C(c2ccc(OC)cc2)c2ccc(C(c3ccc(OCC(O)COC(=O)C(=C)C)cc3)c3ccc(Oc4ccc(C(=O)c5ccc(C)cc5)cc4)cc3)cc2)cc1. The fraction of sp³-hybridized carbons (Fsp3) is 0.207. The number of rotatable bonds is 45. The standard InChI is InChI=1S/C61H58O11.C55H54O11/c1-39(2)60(65)70-37-50(62)35-68-53-27-17-45(18-28-53)57(44-15-25-52(67-6)26-16-44)42-11-13-43(14-12-42)58(46-19-29-54(30-20-46)69-36-51(63)38-71-61(66)40(3)4)47-21-31-55(32-22-47)72-56-33-23-49(24-34-56)59(64)48-9-7-41(5)8-10-48;1-35(2)54(59)64-33-44(56)31-62-47-23-13-39(14-24-47)51(38-11-21-46(61-6)22-12-38)52(40-15-25-48(26-16-40)63-32-45(57)34-65-55(60)36(3)4)41-17-27-49(28-18-41)66-50-29-19-43(20-30-50)53(58)42-9-7-37(5)8-10-42/h7-34,50-51,57-58,62-63H,1,3,35-38H2,2,4-6H3;7-30,44-45,51-52,56-57H,1,3,31-34H2,2,4-6H3. The summed E-state index contributed by atoms with van der Waals surface area (Å²) in [6.45, 7) is 23.1.